The van der Waals surface area contributed by atoms with E-state index in [1.807, 2.05) is 0 Å². The van der Waals surface area contributed by atoms with Gasteiger partial charge in [0, 0.05) is 0 Å². The first kappa shape index (κ1) is 17.1. The molecule has 0 aromatic heterocycles. The van der Waals surface area contributed by atoms with Crippen LogP contribution in [0.1, 0.15) is 81.9 Å². The maximum Gasteiger partial charge on any atom is 0.309 e. The molecular weight excluding hydrogens is 272 g/mol. The van der Waals surface area contributed by atoms with Crippen molar-refractivity contribution in [3.05, 3.63) is 35.4 Å². The summed E-state index contributed by atoms with van der Waals surface area (Å²) in [5.41, 5.74) is 2.38. The maximum absolute atomic E-state index is 12.2. The van der Waals surface area contributed by atoms with E-state index >= 15 is 0 Å². The van der Waals surface area contributed by atoms with Gasteiger partial charge in [0.1, 0.15) is 6.10 Å². The molecule has 22 heavy (non-hydrogen) atoms. The first-order chi connectivity index (χ1) is 10.7. The third-order valence-electron chi connectivity index (χ3n) is 4.72. The number of hydrogen-bond acceptors (Lipinski definition) is 2. The smallest absolute Gasteiger partial charge is 0.309 e. The Balaban J connectivity index is 1.71. The van der Waals surface area contributed by atoms with Gasteiger partial charge in [-0.05, 0) is 31.7 Å². The molecule has 1 aromatic carbocycles. The molecule has 1 saturated heterocycles. The highest BCUT2D eigenvalue weighted by molar-refractivity contribution is 5.73. The van der Waals surface area contributed by atoms with Gasteiger partial charge in [-0.15, -0.1) is 0 Å². The topological polar surface area (TPSA) is 26.3 Å². The average molecular weight is 302 g/mol. The van der Waals surface area contributed by atoms with E-state index in [0.29, 0.717) is 0 Å². The fourth-order valence-electron chi connectivity index (χ4n) is 3.21. The first-order valence-electron chi connectivity index (χ1n) is 8.97. The number of unbranched alkanes of at least 4 members (excludes halogenated alkanes) is 5. The molecule has 0 radical (unpaired) electrons. The summed E-state index contributed by atoms with van der Waals surface area (Å²) in [6.07, 6.45) is 10.6. The highest BCUT2D eigenvalue weighted by atomic mass is 16.5. The molecule has 1 heterocycles. The van der Waals surface area contributed by atoms with Crippen molar-refractivity contribution in [3.63, 3.8) is 0 Å². The highest BCUT2D eigenvalue weighted by Crippen LogP contribution is 2.33. The molecule has 2 nitrogen and oxygen atoms in total. The van der Waals surface area contributed by atoms with E-state index in [1.54, 1.807) is 0 Å². The molecule has 1 fully saturated rings. The van der Waals surface area contributed by atoms with Crippen LogP contribution in [0.5, 0.6) is 0 Å². The summed E-state index contributed by atoms with van der Waals surface area (Å²) in [5, 5.41) is 0. The molecule has 2 heteroatoms. The van der Waals surface area contributed by atoms with E-state index in [1.165, 1.54) is 44.1 Å². The van der Waals surface area contributed by atoms with E-state index in [2.05, 4.69) is 38.1 Å². The van der Waals surface area contributed by atoms with Crippen molar-refractivity contribution in [2.24, 2.45) is 5.92 Å². The lowest BCUT2D eigenvalue weighted by Crippen LogP contribution is -2.26. The Kier molecular flexibility index (Phi) is 6.95. The molecule has 1 aliphatic rings. The largest absolute Gasteiger partial charge is 0.457 e. The van der Waals surface area contributed by atoms with Gasteiger partial charge in [-0.3, -0.25) is 4.79 Å². The second-order valence-corrected chi connectivity index (χ2v) is 6.67. The van der Waals surface area contributed by atoms with Gasteiger partial charge in [0.2, 0.25) is 0 Å². The zero-order chi connectivity index (χ0) is 15.8. The highest BCUT2D eigenvalue weighted by Gasteiger charge is 2.30. The predicted molar refractivity (Wildman–Crippen MR) is 90.7 cm³/mol. The van der Waals surface area contributed by atoms with E-state index in [4.69, 9.17) is 4.74 Å². The molecule has 0 bridgehead atoms. The predicted octanol–water partition coefficient (Wildman–Crippen LogP) is 5.74. The van der Waals surface area contributed by atoms with Gasteiger partial charge in [0.05, 0.1) is 5.92 Å². The van der Waals surface area contributed by atoms with Gasteiger partial charge < -0.3 is 4.74 Å². The average Bonchev–Trinajstić information content (AvgIpc) is 2.53. The minimum absolute atomic E-state index is 0.0189. The minimum Gasteiger partial charge on any atom is -0.457 e. The normalized spacial score (nSPS) is 21.6. The Bertz CT molecular complexity index is 449. The summed E-state index contributed by atoms with van der Waals surface area (Å²) in [7, 11) is 0. The van der Waals surface area contributed by atoms with Crippen LogP contribution in [-0.4, -0.2) is 5.97 Å². The van der Waals surface area contributed by atoms with E-state index < -0.39 is 0 Å². The molecule has 0 aliphatic carbocycles. The fraction of sp³-hybridized carbons (Fsp3) is 0.650. The van der Waals surface area contributed by atoms with Gasteiger partial charge in [-0.25, -0.2) is 0 Å². The number of esters is 1. The zero-order valence-electron chi connectivity index (χ0n) is 14.1. The molecule has 0 amide bonds. The number of cyclic esters (lactones) is 1. The molecule has 2 rings (SSSR count). The van der Waals surface area contributed by atoms with Crippen molar-refractivity contribution in [2.45, 2.75) is 77.7 Å². The summed E-state index contributed by atoms with van der Waals surface area (Å²) in [5.74, 6) is 0.151. The number of hydrogen-bond donors (Lipinski definition) is 0. The molecule has 2 unspecified atom stereocenters. The van der Waals surface area contributed by atoms with Crippen molar-refractivity contribution in [3.8, 4) is 0 Å². The summed E-state index contributed by atoms with van der Waals surface area (Å²) in [6, 6.07) is 8.35. The van der Waals surface area contributed by atoms with Crippen molar-refractivity contribution >= 4 is 5.97 Å². The monoisotopic (exact) mass is 302 g/mol. The molecule has 2 atom stereocenters. The van der Waals surface area contributed by atoms with Crippen LogP contribution in [-0.2, 0) is 9.53 Å². The third kappa shape index (κ3) is 5.15. The summed E-state index contributed by atoms with van der Waals surface area (Å²) in [6.45, 7) is 4.32. The fourth-order valence-corrected chi connectivity index (χ4v) is 3.21. The van der Waals surface area contributed by atoms with Crippen molar-refractivity contribution < 1.29 is 9.53 Å². The first-order valence-corrected chi connectivity index (χ1v) is 8.97. The molecular formula is C20H30O2. The molecule has 122 valence electrons. The van der Waals surface area contributed by atoms with Crippen LogP contribution in [0.4, 0.5) is 0 Å². The lowest BCUT2D eigenvalue weighted by Gasteiger charge is -2.28. The Hall–Kier alpha value is -1.31. The number of ether oxygens (including phenoxy) is 1. The zero-order valence-corrected chi connectivity index (χ0v) is 14.1. The van der Waals surface area contributed by atoms with Gasteiger partial charge in [-0.2, -0.15) is 0 Å². The van der Waals surface area contributed by atoms with E-state index in [0.717, 1.165) is 24.8 Å². The molecule has 1 aromatic rings. The Morgan fingerprint density at radius 1 is 1.00 bits per heavy atom. The Labute approximate surface area is 135 Å². The number of carbonyl (C=O) groups excluding carboxylic acids is 1. The van der Waals surface area contributed by atoms with Crippen molar-refractivity contribution in [1.29, 1.82) is 0 Å². The number of aryl methyl sites for hydroxylation is 1. The number of carbonyl (C=O) groups is 1. The second kappa shape index (κ2) is 8.97. The van der Waals surface area contributed by atoms with Gasteiger partial charge in [0.25, 0.3) is 0 Å². The maximum atomic E-state index is 12.2. The number of benzene rings is 1. The third-order valence-corrected chi connectivity index (χ3v) is 4.72. The molecule has 1 aliphatic heterocycles. The molecule has 0 spiro atoms. The molecule has 0 saturated carbocycles. The van der Waals surface area contributed by atoms with Crippen molar-refractivity contribution in [2.75, 3.05) is 0 Å². The van der Waals surface area contributed by atoms with E-state index in [-0.39, 0.29) is 18.0 Å². The summed E-state index contributed by atoms with van der Waals surface area (Å²) in [4.78, 5) is 12.2. The quantitative estimate of drug-likeness (QED) is 0.452. The lowest BCUT2D eigenvalue weighted by atomic mass is 9.90. The van der Waals surface area contributed by atoms with Gasteiger partial charge >= 0.3 is 5.97 Å². The van der Waals surface area contributed by atoms with Crippen LogP contribution < -0.4 is 0 Å². The Morgan fingerprint density at radius 3 is 2.36 bits per heavy atom. The van der Waals surface area contributed by atoms with Crippen LogP contribution in [0.3, 0.4) is 0 Å². The van der Waals surface area contributed by atoms with Crippen LogP contribution in [0, 0.1) is 12.8 Å². The van der Waals surface area contributed by atoms with Crippen LogP contribution in [0.15, 0.2) is 24.3 Å². The second-order valence-electron chi connectivity index (χ2n) is 6.67. The van der Waals surface area contributed by atoms with E-state index in [9.17, 15) is 4.79 Å². The lowest BCUT2D eigenvalue weighted by molar-refractivity contribution is -0.161. The molecule has 0 N–H and O–H groups in total. The SMILES string of the molecule is CCCCCCCCC1CCC(c2ccc(C)cc2)OC1=O. The van der Waals surface area contributed by atoms with Crippen LogP contribution >= 0.6 is 0 Å². The summed E-state index contributed by atoms with van der Waals surface area (Å²) < 4.78 is 5.68. The van der Waals surface area contributed by atoms with Crippen molar-refractivity contribution in [1.82, 2.24) is 0 Å². The Morgan fingerprint density at radius 2 is 1.68 bits per heavy atom. The standard InChI is InChI=1S/C20H30O2/c1-3-4-5-6-7-8-9-18-14-15-19(22-20(18)21)17-12-10-16(2)11-13-17/h10-13,18-19H,3-9,14-15H2,1-2H3. The number of rotatable bonds is 8. The van der Waals surface area contributed by atoms with Crippen LogP contribution in [0.2, 0.25) is 0 Å². The summed E-state index contributed by atoms with van der Waals surface area (Å²) >= 11 is 0. The van der Waals surface area contributed by atoms with Gasteiger partial charge in [0.15, 0.2) is 0 Å². The van der Waals surface area contributed by atoms with Crippen LogP contribution in [0.25, 0.3) is 0 Å². The minimum atomic E-state index is -0.0334. The van der Waals surface area contributed by atoms with Gasteiger partial charge in [-0.1, -0.05) is 75.3 Å².